The van der Waals surface area contributed by atoms with Crippen LogP contribution in [-0.2, 0) is 14.8 Å². The number of rotatable bonds is 6. The zero-order valence-electron chi connectivity index (χ0n) is 17.3. The monoisotopic (exact) mass is 447 g/mol. The van der Waals surface area contributed by atoms with Crippen LogP contribution in [0.25, 0.3) is 0 Å². The molecule has 1 heterocycles. The number of methoxy groups -OCH3 is 2. The Morgan fingerprint density at radius 1 is 1.00 bits per heavy atom. The zero-order chi connectivity index (χ0) is 22.6. The summed E-state index contributed by atoms with van der Waals surface area (Å²) in [6.07, 6.45) is 1.01. The molecule has 0 bridgehead atoms. The van der Waals surface area contributed by atoms with Gasteiger partial charge in [-0.15, -0.1) is 0 Å². The van der Waals surface area contributed by atoms with Crippen molar-refractivity contribution in [3.8, 4) is 11.5 Å². The number of carbonyl (C=O) groups excluding carboxylic acids is 2. The third-order valence-electron chi connectivity index (χ3n) is 5.25. The molecule has 1 fully saturated rings. The van der Waals surface area contributed by atoms with E-state index in [0.29, 0.717) is 48.7 Å². The maximum Gasteiger partial charge on any atom is 0.261 e. The maximum atomic E-state index is 13.0. The smallest absolute Gasteiger partial charge is 0.261 e. The molecule has 0 radical (unpaired) electrons. The summed E-state index contributed by atoms with van der Waals surface area (Å²) in [6.45, 7) is 0.838. The summed E-state index contributed by atoms with van der Waals surface area (Å²) in [7, 11) is -0.789. The van der Waals surface area contributed by atoms with Gasteiger partial charge in [0.15, 0.2) is 0 Å². The van der Waals surface area contributed by atoms with E-state index in [2.05, 4.69) is 5.32 Å². The largest absolute Gasteiger partial charge is 0.496 e. The lowest BCUT2D eigenvalue weighted by Gasteiger charge is -2.32. The Kier molecular flexibility index (Phi) is 6.81. The molecule has 166 valence electrons. The van der Waals surface area contributed by atoms with Gasteiger partial charge < -0.3 is 19.7 Å². The number of ether oxygens (including phenoxy) is 2. The van der Waals surface area contributed by atoms with Gasteiger partial charge in [-0.05, 0) is 49.2 Å². The van der Waals surface area contributed by atoms with E-state index in [1.807, 2.05) is 0 Å². The highest BCUT2D eigenvalue weighted by Gasteiger charge is 2.30. The summed E-state index contributed by atoms with van der Waals surface area (Å²) in [4.78, 5) is 27.3. The number of anilines is 1. The van der Waals surface area contributed by atoms with E-state index >= 15 is 0 Å². The predicted octanol–water partition coefficient (Wildman–Crippen LogP) is 1.84. The number of carbonyl (C=O) groups is 2. The first-order chi connectivity index (χ1) is 14.7. The van der Waals surface area contributed by atoms with Crippen molar-refractivity contribution in [1.29, 1.82) is 0 Å². The van der Waals surface area contributed by atoms with Crippen molar-refractivity contribution in [3.05, 3.63) is 48.0 Å². The molecule has 9 nitrogen and oxygen atoms in total. The molecule has 0 aliphatic carbocycles. The number of nitrogens with one attached hydrogen (secondary N) is 1. The first-order valence-corrected chi connectivity index (χ1v) is 11.2. The highest BCUT2D eigenvalue weighted by atomic mass is 32.2. The average molecular weight is 448 g/mol. The van der Waals surface area contributed by atoms with Crippen LogP contribution in [-0.4, -0.2) is 52.4 Å². The number of benzene rings is 2. The number of nitrogens with two attached hydrogens (primary N) is 1. The van der Waals surface area contributed by atoms with Crippen molar-refractivity contribution in [1.82, 2.24) is 4.90 Å². The molecule has 1 aliphatic heterocycles. The van der Waals surface area contributed by atoms with Gasteiger partial charge in [-0.2, -0.15) is 0 Å². The van der Waals surface area contributed by atoms with Gasteiger partial charge in [0.05, 0.1) is 19.1 Å². The minimum absolute atomic E-state index is 0.0240. The van der Waals surface area contributed by atoms with E-state index in [1.165, 1.54) is 38.5 Å². The fraction of sp³-hybridized carbons (Fsp3) is 0.333. The van der Waals surface area contributed by atoms with Crippen molar-refractivity contribution in [3.63, 3.8) is 0 Å². The van der Waals surface area contributed by atoms with E-state index in [9.17, 15) is 18.0 Å². The molecule has 3 N–H and O–H groups in total. The van der Waals surface area contributed by atoms with Crippen molar-refractivity contribution in [2.45, 2.75) is 17.7 Å². The summed E-state index contributed by atoms with van der Waals surface area (Å²) in [5, 5.41) is 7.86. The minimum Gasteiger partial charge on any atom is -0.496 e. The van der Waals surface area contributed by atoms with Gasteiger partial charge in [0.1, 0.15) is 17.1 Å². The predicted molar refractivity (Wildman–Crippen MR) is 115 cm³/mol. The zero-order valence-corrected chi connectivity index (χ0v) is 18.1. The molecule has 0 unspecified atom stereocenters. The number of amides is 2. The topological polar surface area (TPSA) is 128 Å². The maximum absolute atomic E-state index is 13.0. The second-order valence-electron chi connectivity index (χ2n) is 7.16. The first kappa shape index (κ1) is 22.6. The van der Waals surface area contributed by atoms with E-state index in [4.69, 9.17) is 14.6 Å². The Labute approximate surface area is 181 Å². The third-order valence-corrected chi connectivity index (χ3v) is 6.17. The van der Waals surface area contributed by atoms with E-state index in [0.717, 1.165) is 0 Å². The second kappa shape index (κ2) is 9.36. The van der Waals surface area contributed by atoms with Gasteiger partial charge in [0.25, 0.3) is 5.91 Å². The van der Waals surface area contributed by atoms with Crippen LogP contribution >= 0.6 is 0 Å². The third kappa shape index (κ3) is 5.15. The lowest BCUT2D eigenvalue weighted by Crippen LogP contribution is -2.41. The van der Waals surface area contributed by atoms with Gasteiger partial charge in [-0.25, -0.2) is 13.6 Å². The molecule has 1 aliphatic rings. The van der Waals surface area contributed by atoms with Crippen molar-refractivity contribution in [2.75, 3.05) is 32.6 Å². The first-order valence-electron chi connectivity index (χ1n) is 9.68. The van der Waals surface area contributed by atoms with Gasteiger partial charge in [0, 0.05) is 24.7 Å². The van der Waals surface area contributed by atoms with Crippen LogP contribution < -0.4 is 19.9 Å². The number of nitrogens with zero attached hydrogens (tertiary/aromatic N) is 1. The number of hydrogen-bond donors (Lipinski definition) is 2. The van der Waals surface area contributed by atoms with Gasteiger partial charge in [-0.3, -0.25) is 9.59 Å². The molecule has 2 aromatic rings. The molecule has 0 spiro atoms. The molecular formula is C21H25N3O6S. The molecular weight excluding hydrogens is 422 g/mol. The fourth-order valence-electron chi connectivity index (χ4n) is 3.54. The van der Waals surface area contributed by atoms with E-state index < -0.39 is 10.0 Å². The van der Waals surface area contributed by atoms with Crippen LogP contribution in [0.15, 0.2) is 47.4 Å². The fourth-order valence-corrected chi connectivity index (χ4v) is 4.05. The van der Waals surface area contributed by atoms with Gasteiger partial charge in [-0.1, -0.05) is 6.07 Å². The number of hydrogen-bond acceptors (Lipinski definition) is 6. The summed E-state index contributed by atoms with van der Waals surface area (Å²) >= 11 is 0. The summed E-state index contributed by atoms with van der Waals surface area (Å²) < 4.78 is 33.3. The Morgan fingerprint density at radius 3 is 2.03 bits per heavy atom. The van der Waals surface area contributed by atoms with Crippen molar-refractivity contribution in [2.24, 2.45) is 11.1 Å². The summed E-state index contributed by atoms with van der Waals surface area (Å²) in [5.74, 6) is 0.234. The number of sulfonamides is 1. The molecule has 31 heavy (non-hydrogen) atoms. The Hall–Kier alpha value is -3.11. The normalized spacial score (nSPS) is 14.7. The van der Waals surface area contributed by atoms with Crippen LogP contribution in [0.3, 0.4) is 0 Å². The van der Waals surface area contributed by atoms with E-state index in [-0.39, 0.29) is 22.6 Å². The quantitative estimate of drug-likeness (QED) is 0.695. The Balaban J connectivity index is 1.62. The standard InChI is InChI=1S/C21H25N3O6S/c1-29-17-4-3-5-18(30-2)19(17)21(26)24-12-10-14(11-13-24)20(25)23-15-6-8-16(9-7-15)31(22,27)28/h3-9,14H,10-13H2,1-2H3,(H,23,25)(H2,22,27,28). The molecule has 0 atom stereocenters. The Morgan fingerprint density at radius 2 is 1.55 bits per heavy atom. The lowest BCUT2D eigenvalue weighted by atomic mass is 9.95. The SMILES string of the molecule is COc1cccc(OC)c1C(=O)N1CCC(C(=O)Nc2ccc(S(N)(=O)=O)cc2)CC1. The molecule has 2 amide bonds. The molecule has 10 heteroatoms. The van der Waals surface area contributed by atoms with Crippen LogP contribution in [0, 0.1) is 5.92 Å². The lowest BCUT2D eigenvalue weighted by molar-refractivity contribution is -0.121. The van der Waals surface area contributed by atoms with Crippen LogP contribution in [0.5, 0.6) is 11.5 Å². The second-order valence-corrected chi connectivity index (χ2v) is 8.72. The number of piperidine rings is 1. The van der Waals surface area contributed by atoms with Crippen LogP contribution in [0.4, 0.5) is 5.69 Å². The number of likely N-dealkylation sites (tertiary alicyclic amines) is 1. The summed E-state index contributed by atoms with van der Waals surface area (Å²) in [5.41, 5.74) is 0.847. The van der Waals surface area contributed by atoms with Crippen LogP contribution in [0.2, 0.25) is 0 Å². The van der Waals surface area contributed by atoms with Gasteiger partial charge >= 0.3 is 0 Å². The van der Waals surface area contributed by atoms with Crippen molar-refractivity contribution >= 4 is 27.5 Å². The number of primary sulfonamides is 1. The average Bonchev–Trinajstić information content (AvgIpc) is 2.77. The highest BCUT2D eigenvalue weighted by molar-refractivity contribution is 7.89. The molecule has 1 saturated heterocycles. The highest BCUT2D eigenvalue weighted by Crippen LogP contribution is 2.31. The molecule has 3 rings (SSSR count). The van der Waals surface area contributed by atoms with Crippen molar-refractivity contribution < 1.29 is 27.5 Å². The summed E-state index contributed by atoms with van der Waals surface area (Å²) in [6, 6.07) is 10.8. The van der Waals surface area contributed by atoms with Crippen LogP contribution in [0.1, 0.15) is 23.2 Å². The Bertz CT molecular complexity index is 1040. The van der Waals surface area contributed by atoms with Gasteiger partial charge in [0.2, 0.25) is 15.9 Å². The van der Waals surface area contributed by atoms with E-state index in [1.54, 1.807) is 23.1 Å². The minimum atomic E-state index is -3.78. The molecule has 0 aromatic heterocycles. The molecule has 2 aromatic carbocycles. The molecule has 0 saturated carbocycles.